The smallest absolute Gasteiger partial charge is 0.264 e. The number of aryl methyl sites for hydroxylation is 1. The van der Waals surface area contributed by atoms with Crippen molar-refractivity contribution < 1.29 is 8.42 Å². The minimum atomic E-state index is -3.44. The lowest BCUT2D eigenvalue weighted by molar-refractivity contribution is 0.536. The molecule has 0 aliphatic heterocycles. The van der Waals surface area contributed by atoms with Gasteiger partial charge in [-0.25, -0.2) is 8.42 Å². The standard InChI is InChI=1S/C16H24INO2S/c1-4-5-6-7-8-9-16(17)18(3)21(19,20)15-12-10-14(2)11-13-15/h9-13H,4-8H2,1-3H3/b16-9+. The van der Waals surface area contributed by atoms with Gasteiger partial charge in [0.05, 0.1) is 8.60 Å². The van der Waals surface area contributed by atoms with E-state index in [0.717, 1.165) is 22.1 Å². The Kier molecular flexibility index (Phi) is 7.73. The van der Waals surface area contributed by atoms with Gasteiger partial charge in [-0.3, -0.25) is 4.31 Å². The van der Waals surface area contributed by atoms with Crippen LogP contribution < -0.4 is 0 Å². The number of rotatable bonds is 8. The first-order chi connectivity index (χ1) is 9.89. The Bertz CT molecular complexity index is 564. The fourth-order valence-corrected chi connectivity index (χ4v) is 4.09. The lowest BCUT2D eigenvalue weighted by atomic mass is 10.1. The topological polar surface area (TPSA) is 37.4 Å². The number of hydrogen-bond acceptors (Lipinski definition) is 2. The highest BCUT2D eigenvalue weighted by Gasteiger charge is 2.21. The quantitative estimate of drug-likeness (QED) is 0.342. The Morgan fingerprint density at radius 2 is 1.81 bits per heavy atom. The van der Waals surface area contributed by atoms with Crippen LogP contribution in [0.2, 0.25) is 0 Å². The fourth-order valence-electron chi connectivity index (χ4n) is 1.90. The molecule has 0 amide bonds. The fraction of sp³-hybridized carbons (Fsp3) is 0.500. The van der Waals surface area contributed by atoms with Crippen LogP contribution in [0.5, 0.6) is 0 Å². The van der Waals surface area contributed by atoms with Gasteiger partial charge < -0.3 is 0 Å². The van der Waals surface area contributed by atoms with E-state index in [1.807, 2.05) is 25.1 Å². The van der Waals surface area contributed by atoms with Crippen LogP contribution in [-0.4, -0.2) is 19.8 Å². The van der Waals surface area contributed by atoms with Gasteiger partial charge in [0.15, 0.2) is 0 Å². The molecule has 0 spiro atoms. The van der Waals surface area contributed by atoms with E-state index < -0.39 is 10.0 Å². The predicted octanol–water partition coefficient (Wildman–Crippen LogP) is 4.86. The summed E-state index contributed by atoms with van der Waals surface area (Å²) in [7, 11) is -1.83. The highest BCUT2D eigenvalue weighted by atomic mass is 127. The van der Waals surface area contributed by atoms with Crippen LogP contribution in [0.1, 0.15) is 44.6 Å². The number of nitrogens with zero attached hydrogens (tertiary/aromatic N) is 1. The number of halogens is 1. The van der Waals surface area contributed by atoms with Crippen molar-refractivity contribution in [1.29, 1.82) is 0 Å². The molecule has 3 nitrogen and oxygen atoms in total. The Balaban J connectivity index is 2.73. The Morgan fingerprint density at radius 1 is 1.19 bits per heavy atom. The van der Waals surface area contributed by atoms with Crippen LogP contribution in [0, 0.1) is 6.92 Å². The monoisotopic (exact) mass is 421 g/mol. The Hall–Kier alpha value is -0.560. The normalized spacial score (nSPS) is 12.5. The molecule has 0 aliphatic rings. The number of unbranched alkanes of at least 4 members (excludes halogenated alkanes) is 4. The van der Waals surface area contributed by atoms with Gasteiger partial charge in [-0.15, -0.1) is 0 Å². The van der Waals surface area contributed by atoms with Crippen molar-refractivity contribution in [1.82, 2.24) is 4.31 Å². The van der Waals surface area contributed by atoms with Crippen molar-refractivity contribution in [3.05, 3.63) is 39.6 Å². The molecule has 0 saturated heterocycles. The maximum absolute atomic E-state index is 12.5. The summed E-state index contributed by atoms with van der Waals surface area (Å²) in [6.45, 7) is 4.13. The molecule has 0 fully saturated rings. The van der Waals surface area contributed by atoms with E-state index in [4.69, 9.17) is 0 Å². The van der Waals surface area contributed by atoms with Crippen LogP contribution in [0.3, 0.4) is 0 Å². The molecule has 118 valence electrons. The number of sulfonamides is 1. The summed E-state index contributed by atoms with van der Waals surface area (Å²) < 4.78 is 27.1. The van der Waals surface area contributed by atoms with Gasteiger partial charge in [0, 0.05) is 7.05 Å². The first-order valence-electron chi connectivity index (χ1n) is 7.31. The van der Waals surface area contributed by atoms with E-state index in [1.165, 1.54) is 23.6 Å². The van der Waals surface area contributed by atoms with E-state index in [2.05, 4.69) is 29.5 Å². The van der Waals surface area contributed by atoms with E-state index in [9.17, 15) is 8.42 Å². The summed E-state index contributed by atoms with van der Waals surface area (Å²) in [6.07, 6.45) is 7.68. The SMILES string of the molecule is CCCCCC/C=C(\I)N(C)S(=O)(=O)c1ccc(C)cc1. The molecular weight excluding hydrogens is 397 g/mol. The van der Waals surface area contributed by atoms with Gasteiger partial charge >= 0.3 is 0 Å². The highest BCUT2D eigenvalue weighted by molar-refractivity contribution is 14.1. The third kappa shape index (κ3) is 5.62. The highest BCUT2D eigenvalue weighted by Crippen LogP contribution is 2.23. The van der Waals surface area contributed by atoms with Crippen LogP contribution in [-0.2, 0) is 10.0 Å². The van der Waals surface area contributed by atoms with Gasteiger partial charge in [-0.2, -0.15) is 0 Å². The van der Waals surface area contributed by atoms with Crippen molar-refractivity contribution in [2.75, 3.05) is 7.05 Å². The van der Waals surface area contributed by atoms with E-state index in [1.54, 1.807) is 19.2 Å². The average Bonchev–Trinajstić information content (AvgIpc) is 2.46. The lowest BCUT2D eigenvalue weighted by Gasteiger charge is -2.19. The van der Waals surface area contributed by atoms with Crippen molar-refractivity contribution in [3.8, 4) is 0 Å². The van der Waals surface area contributed by atoms with Crippen molar-refractivity contribution in [2.24, 2.45) is 0 Å². The van der Waals surface area contributed by atoms with Gasteiger partial charge in [0.2, 0.25) is 0 Å². The number of hydrogen-bond donors (Lipinski definition) is 0. The zero-order valence-corrected chi connectivity index (χ0v) is 15.9. The second kappa shape index (κ2) is 8.78. The largest absolute Gasteiger partial charge is 0.264 e. The predicted molar refractivity (Wildman–Crippen MR) is 97.0 cm³/mol. The molecule has 0 aliphatic carbocycles. The third-order valence-corrected chi connectivity index (χ3v) is 6.63. The van der Waals surface area contributed by atoms with Gasteiger partial charge in [-0.05, 0) is 54.5 Å². The van der Waals surface area contributed by atoms with Crippen LogP contribution in [0.4, 0.5) is 0 Å². The summed E-state index contributed by atoms with van der Waals surface area (Å²) >= 11 is 2.10. The number of allylic oxidation sites excluding steroid dienone is 1. The summed E-state index contributed by atoms with van der Waals surface area (Å²) in [6, 6.07) is 6.96. The Morgan fingerprint density at radius 3 is 2.38 bits per heavy atom. The lowest BCUT2D eigenvalue weighted by Crippen LogP contribution is -2.24. The second-order valence-corrected chi connectivity index (χ2v) is 8.24. The summed E-state index contributed by atoms with van der Waals surface area (Å²) in [5.41, 5.74) is 1.05. The molecule has 21 heavy (non-hydrogen) atoms. The van der Waals surface area contributed by atoms with Gasteiger partial charge in [0.25, 0.3) is 10.0 Å². The van der Waals surface area contributed by atoms with Crippen molar-refractivity contribution in [2.45, 2.75) is 50.8 Å². The molecule has 0 atom stereocenters. The Labute approximate surface area is 142 Å². The maximum atomic E-state index is 12.5. The van der Waals surface area contributed by atoms with E-state index in [0.29, 0.717) is 4.90 Å². The zero-order valence-electron chi connectivity index (χ0n) is 13.0. The molecule has 0 radical (unpaired) electrons. The minimum absolute atomic E-state index is 0.337. The van der Waals surface area contributed by atoms with Crippen molar-refractivity contribution >= 4 is 32.6 Å². The zero-order chi connectivity index (χ0) is 15.9. The van der Waals surface area contributed by atoms with Gasteiger partial charge in [0.1, 0.15) is 0 Å². The summed E-state index contributed by atoms with van der Waals surface area (Å²) in [5.74, 6) is 0. The van der Waals surface area contributed by atoms with E-state index in [-0.39, 0.29) is 0 Å². The first kappa shape index (κ1) is 18.5. The molecule has 1 aromatic carbocycles. The molecule has 0 aromatic heterocycles. The molecule has 0 heterocycles. The second-order valence-electron chi connectivity index (χ2n) is 5.16. The van der Waals surface area contributed by atoms with Crippen LogP contribution >= 0.6 is 22.6 Å². The molecule has 0 N–H and O–H groups in total. The van der Waals surface area contributed by atoms with Crippen LogP contribution in [0.25, 0.3) is 0 Å². The molecular formula is C16H24INO2S. The molecule has 0 bridgehead atoms. The molecule has 5 heteroatoms. The third-order valence-electron chi connectivity index (χ3n) is 3.35. The summed E-state index contributed by atoms with van der Waals surface area (Å²) in [4.78, 5) is 0.337. The van der Waals surface area contributed by atoms with Crippen LogP contribution in [0.15, 0.2) is 38.9 Å². The van der Waals surface area contributed by atoms with Crippen molar-refractivity contribution in [3.63, 3.8) is 0 Å². The first-order valence-corrected chi connectivity index (χ1v) is 9.82. The van der Waals surface area contributed by atoms with Gasteiger partial charge in [-0.1, -0.05) is 50.0 Å². The van der Waals surface area contributed by atoms with E-state index >= 15 is 0 Å². The minimum Gasteiger partial charge on any atom is -0.264 e. The molecule has 1 rings (SSSR count). The maximum Gasteiger partial charge on any atom is 0.264 e. The molecule has 0 saturated carbocycles. The summed E-state index contributed by atoms with van der Waals surface area (Å²) in [5, 5.41) is 0. The molecule has 1 aromatic rings. The average molecular weight is 421 g/mol. The number of benzene rings is 1. The molecule has 0 unspecified atom stereocenters.